The van der Waals surface area contributed by atoms with Crippen molar-refractivity contribution in [2.45, 2.75) is 27.2 Å². The highest BCUT2D eigenvalue weighted by molar-refractivity contribution is 5.97. The summed E-state index contributed by atoms with van der Waals surface area (Å²) in [5.74, 6) is 0.136. The number of carbonyl (C=O) groups excluding carboxylic acids is 1. The zero-order valence-corrected chi connectivity index (χ0v) is 10.9. The van der Waals surface area contributed by atoms with Crippen LogP contribution in [0.3, 0.4) is 0 Å². The number of nitrogens with two attached hydrogens (primary N) is 1. The Bertz CT molecular complexity index is 360. The summed E-state index contributed by atoms with van der Waals surface area (Å²) in [4.78, 5) is 14.3. The molecule has 3 heteroatoms. The number of amides is 1. The maximum Gasteiger partial charge on any atom is 0.232 e. The van der Waals surface area contributed by atoms with Crippen molar-refractivity contribution in [2.24, 2.45) is 11.1 Å². The molecule has 0 aliphatic carbocycles. The van der Waals surface area contributed by atoms with Crippen LogP contribution in [0.1, 0.15) is 27.2 Å². The van der Waals surface area contributed by atoms with Crippen molar-refractivity contribution >= 4 is 11.6 Å². The van der Waals surface area contributed by atoms with Crippen molar-refractivity contribution in [2.75, 3.05) is 18.0 Å². The predicted octanol–water partition coefficient (Wildman–Crippen LogP) is 2.41. The molecule has 1 rings (SSSR count). The average Bonchev–Trinajstić information content (AvgIpc) is 2.31. The second-order valence-electron chi connectivity index (χ2n) is 4.81. The minimum absolute atomic E-state index is 0.136. The minimum Gasteiger partial charge on any atom is -0.330 e. The molecule has 0 spiro atoms. The fourth-order valence-electron chi connectivity index (χ4n) is 1.88. The van der Waals surface area contributed by atoms with E-state index in [0.29, 0.717) is 19.5 Å². The van der Waals surface area contributed by atoms with Gasteiger partial charge in [0.1, 0.15) is 0 Å². The van der Waals surface area contributed by atoms with E-state index in [1.807, 2.05) is 56.0 Å². The Labute approximate surface area is 104 Å². The van der Waals surface area contributed by atoms with E-state index >= 15 is 0 Å². The van der Waals surface area contributed by atoms with Crippen LogP contribution in [0.5, 0.6) is 0 Å². The third kappa shape index (κ3) is 3.30. The van der Waals surface area contributed by atoms with Gasteiger partial charge in [-0.1, -0.05) is 32.0 Å². The highest BCUT2D eigenvalue weighted by Gasteiger charge is 2.31. The summed E-state index contributed by atoms with van der Waals surface area (Å²) in [5.41, 5.74) is 6.11. The highest BCUT2D eigenvalue weighted by atomic mass is 16.2. The Morgan fingerprint density at radius 1 is 1.29 bits per heavy atom. The van der Waals surface area contributed by atoms with Gasteiger partial charge in [-0.3, -0.25) is 4.79 Å². The zero-order chi connectivity index (χ0) is 12.9. The smallest absolute Gasteiger partial charge is 0.232 e. The third-order valence-corrected chi connectivity index (χ3v) is 2.98. The highest BCUT2D eigenvalue weighted by Crippen LogP contribution is 2.26. The minimum atomic E-state index is -0.402. The molecule has 0 unspecified atom stereocenters. The van der Waals surface area contributed by atoms with Crippen molar-refractivity contribution in [3.63, 3.8) is 0 Å². The van der Waals surface area contributed by atoms with Gasteiger partial charge in [-0.25, -0.2) is 0 Å². The Hall–Kier alpha value is -1.35. The second-order valence-corrected chi connectivity index (χ2v) is 4.81. The molecule has 0 bridgehead atoms. The average molecular weight is 234 g/mol. The van der Waals surface area contributed by atoms with Gasteiger partial charge in [0.05, 0.1) is 0 Å². The molecule has 0 atom stereocenters. The van der Waals surface area contributed by atoms with Gasteiger partial charge in [0, 0.05) is 17.6 Å². The van der Waals surface area contributed by atoms with Gasteiger partial charge in [-0.2, -0.15) is 0 Å². The molecule has 0 saturated heterocycles. The summed E-state index contributed by atoms with van der Waals surface area (Å²) in [5, 5.41) is 0. The van der Waals surface area contributed by atoms with Crippen LogP contribution in [0, 0.1) is 5.41 Å². The van der Waals surface area contributed by atoms with E-state index in [-0.39, 0.29) is 5.91 Å². The molecule has 1 aromatic rings. The van der Waals surface area contributed by atoms with E-state index in [9.17, 15) is 4.79 Å². The molecule has 2 N–H and O–H groups in total. The van der Waals surface area contributed by atoms with Crippen LogP contribution >= 0.6 is 0 Å². The lowest BCUT2D eigenvalue weighted by Gasteiger charge is -2.31. The number of hydrogen-bond acceptors (Lipinski definition) is 2. The summed E-state index contributed by atoms with van der Waals surface area (Å²) in [6, 6.07) is 9.76. The van der Waals surface area contributed by atoms with Gasteiger partial charge in [-0.05, 0) is 32.0 Å². The SMILES string of the molecule is CCN(C(=O)C(C)(C)CCN)c1ccccc1. The Morgan fingerprint density at radius 2 is 1.88 bits per heavy atom. The van der Waals surface area contributed by atoms with Gasteiger partial charge < -0.3 is 10.6 Å². The van der Waals surface area contributed by atoms with Gasteiger partial charge in [0.15, 0.2) is 0 Å². The standard InChI is InChI=1S/C14H22N2O/c1-4-16(12-8-6-5-7-9-12)13(17)14(2,3)10-11-15/h5-9H,4,10-11,15H2,1-3H3. The summed E-state index contributed by atoms with van der Waals surface area (Å²) in [7, 11) is 0. The lowest BCUT2D eigenvalue weighted by atomic mass is 9.87. The van der Waals surface area contributed by atoms with Crippen molar-refractivity contribution in [1.29, 1.82) is 0 Å². The summed E-state index contributed by atoms with van der Waals surface area (Å²) < 4.78 is 0. The summed E-state index contributed by atoms with van der Waals surface area (Å²) in [6.07, 6.45) is 0.704. The van der Waals surface area contributed by atoms with E-state index < -0.39 is 5.41 Å². The number of hydrogen-bond donors (Lipinski definition) is 1. The molecular formula is C14H22N2O. The van der Waals surface area contributed by atoms with E-state index in [1.54, 1.807) is 0 Å². The van der Waals surface area contributed by atoms with Gasteiger partial charge in [-0.15, -0.1) is 0 Å². The van der Waals surface area contributed by atoms with Crippen LogP contribution in [0.25, 0.3) is 0 Å². The fraction of sp³-hybridized carbons (Fsp3) is 0.500. The molecule has 17 heavy (non-hydrogen) atoms. The monoisotopic (exact) mass is 234 g/mol. The molecule has 0 aliphatic heterocycles. The van der Waals surface area contributed by atoms with Gasteiger partial charge in [0.2, 0.25) is 5.91 Å². The first-order chi connectivity index (χ1) is 8.03. The molecule has 0 heterocycles. The molecule has 0 aliphatic rings. The number of carbonyl (C=O) groups is 1. The van der Waals surface area contributed by atoms with E-state index in [1.165, 1.54) is 0 Å². The van der Waals surface area contributed by atoms with Crippen LogP contribution < -0.4 is 10.6 Å². The number of benzene rings is 1. The normalized spacial score (nSPS) is 11.3. The van der Waals surface area contributed by atoms with Crippen LogP contribution in [0.4, 0.5) is 5.69 Å². The zero-order valence-electron chi connectivity index (χ0n) is 10.9. The van der Waals surface area contributed by atoms with E-state index in [4.69, 9.17) is 5.73 Å². The summed E-state index contributed by atoms with van der Waals surface area (Å²) in [6.45, 7) is 7.10. The number of nitrogens with zero attached hydrogens (tertiary/aromatic N) is 1. The Balaban J connectivity index is 2.92. The number of rotatable bonds is 5. The molecule has 0 saturated carbocycles. The fourth-order valence-corrected chi connectivity index (χ4v) is 1.88. The predicted molar refractivity (Wildman–Crippen MR) is 71.9 cm³/mol. The van der Waals surface area contributed by atoms with Crippen LogP contribution in [0.2, 0.25) is 0 Å². The maximum atomic E-state index is 12.5. The Kier molecular flexibility index (Phi) is 4.70. The largest absolute Gasteiger partial charge is 0.330 e. The number of para-hydroxylation sites is 1. The second kappa shape index (κ2) is 5.82. The number of anilines is 1. The van der Waals surface area contributed by atoms with Crippen LogP contribution in [-0.2, 0) is 4.79 Å². The topological polar surface area (TPSA) is 46.3 Å². The first kappa shape index (κ1) is 13.7. The quantitative estimate of drug-likeness (QED) is 0.850. The first-order valence-electron chi connectivity index (χ1n) is 6.10. The Morgan fingerprint density at radius 3 is 2.35 bits per heavy atom. The van der Waals surface area contributed by atoms with Crippen molar-refractivity contribution in [3.05, 3.63) is 30.3 Å². The van der Waals surface area contributed by atoms with Gasteiger partial charge in [0.25, 0.3) is 0 Å². The molecule has 94 valence electrons. The molecule has 1 aromatic carbocycles. The van der Waals surface area contributed by atoms with Crippen molar-refractivity contribution in [1.82, 2.24) is 0 Å². The lowest BCUT2D eigenvalue weighted by Crippen LogP contribution is -2.42. The molecule has 0 radical (unpaired) electrons. The van der Waals surface area contributed by atoms with E-state index in [2.05, 4.69) is 0 Å². The molecule has 0 aromatic heterocycles. The van der Waals surface area contributed by atoms with Crippen molar-refractivity contribution in [3.8, 4) is 0 Å². The molecule has 0 fully saturated rings. The summed E-state index contributed by atoms with van der Waals surface area (Å²) >= 11 is 0. The van der Waals surface area contributed by atoms with Crippen molar-refractivity contribution < 1.29 is 4.79 Å². The van der Waals surface area contributed by atoms with Crippen LogP contribution in [0.15, 0.2) is 30.3 Å². The maximum absolute atomic E-state index is 12.5. The molecule has 1 amide bonds. The first-order valence-corrected chi connectivity index (χ1v) is 6.10. The van der Waals surface area contributed by atoms with Crippen LogP contribution in [-0.4, -0.2) is 19.0 Å². The van der Waals surface area contributed by atoms with E-state index in [0.717, 1.165) is 5.69 Å². The third-order valence-electron chi connectivity index (χ3n) is 2.98. The lowest BCUT2D eigenvalue weighted by molar-refractivity contribution is -0.126. The molecule has 3 nitrogen and oxygen atoms in total. The van der Waals surface area contributed by atoms with Gasteiger partial charge >= 0.3 is 0 Å². The molecular weight excluding hydrogens is 212 g/mol.